The number of halogens is 2. The Balaban J connectivity index is 0.000000138. The summed E-state index contributed by atoms with van der Waals surface area (Å²) in [6, 6.07) is 42.6. The molecule has 0 fully saturated rings. The highest BCUT2D eigenvalue weighted by Gasteiger charge is 2.32. The summed E-state index contributed by atoms with van der Waals surface area (Å²) < 4.78 is 50.3. The van der Waals surface area contributed by atoms with Gasteiger partial charge in [-0.3, -0.25) is 33.6 Å². The van der Waals surface area contributed by atoms with Gasteiger partial charge in [-0.1, -0.05) is 66.7 Å². The number of para-hydroxylation sites is 4. The smallest absolute Gasteiger partial charge is 0.256 e. The van der Waals surface area contributed by atoms with Crippen LogP contribution in [0.3, 0.4) is 0 Å². The van der Waals surface area contributed by atoms with E-state index in [1.54, 1.807) is 34.3 Å². The zero-order valence-electron chi connectivity index (χ0n) is 69.9. The molecular formula is C95H112F2N12O11. The number of carbonyl (C=O) groups excluding carboxylic acids is 7. The van der Waals surface area contributed by atoms with Gasteiger partial charge in [0.1, 0.15) is 41.2 Å². The fourth-order valence-electron chi connectivity index (χ4n) is 16.9. The average Bonchev–Trinajstić information content (AvgIpc) is 0.792. The Hall–Kier alpha value is -12.2. The molecule has 8 aliphatic rings. The number of rotatable bonds is 23. The van der Waals surface area contributed by atoms with E-state index in [0.29, 0.717) is 80.1 Å². The predicted molar refractivity (Wildman–Crippen MR) is 470 cm³/mol. The van der Waals surface area contributed by atoms with Gasteiger partial charge in [0.15, 0.2) is 17.3 Å². The van der Waals surface area contributed by atoms with Crippen LogP contribution in [-0.2, 0) is 59.3 Å². The summed E-state index contributed by atoms with van der Waals surface area (Å²) in [6.07, 6.45) is 11.4. The van der Waals surface area contributed by atoms with E-state index in [0.717, 1.165) is 179 Å². The second-order valence-corrected chi connectivity index (χ2v) is 31.8. The molecule has 16 rings (SSSR count). The number of fused-ring (bicyclic) bond motifs is 8. The van der Waals surface area contributed by atoms with E-state index in [9.17, 15) is 42.3 Å². The zero-order chi connectivity index (χ0) is 84.5. The van der Waals surface area contributed by atoms with E-state index in [1.165, 1.54) is 52.0 Å². The molecule has 0 saturated heterocycles. The van der Waals surface area contributed by atoms with Crippen LogP contribution in [0.25, 0.3) is 0 Å². The number of hydrogen-bond acceptors (Lipinski definition) is 19. The van der Waals surface area contributed by atoms with Crippen molar-refractivity contribution in [2.45, 2.75) is 142 Å². The van der Waals surface area contributed by atoms with Gasteiger partial charge in [0.25, 0.3) is 23.6 Å². The Morgan fingerprint density at radius 3 is 1.37 bits per heavy atom. The van der Waals surface area contributed by atoms with Gasteiger partial charge in [-0.15, -0.1) is 0 Å². The van der Waals surface area contributed by atoms with Crippen molar-refractivity contribution in [2.75, 3.05) is 147 Å². The standard InChI is InChI=1S/C25H30FN3O2.C24H28FN3O3.C24H29N3O3.C22H25N3O3/c1-16-14-19-8-10-21(26)23(24(19)28-17(16)2)25(30)27-11-5-13-29-12-4-6-18-7-9-20(31-3)15-22(18)29;1-15-22(29)12-17-11-18(25)13-20(23(17)27-15)24(30)26-8-4-10-28-9-3-5-16-6-7-19(31-2)14-21(16)28;1-16-22(28)15-18-6-3-8-20(23(18)26-16)24(29)25-11-5-13-27-12-4-7-17-14-19(30-2)9-10-21(17)27;1-15-19(26)14-16-6-4-7-17(21(16)24-15)22(27)23-10-5-11-25-12-13-28-20-9-3-2-8-18(20)25/h7-10,15,17,28H,1,4-6,11-14H2,2-3H3,(H,27,30);6-7,11,13-15,27H,3-5,8-10,12H2,1-2H3,(H,26,30);3,6,8-10,14,16,26H,4-5,7,11-13,15H2,1-2H3,(H,25,29);2-4,6-9,15,24H,5,10-14H2,1H3,(H,23,27). The molecule has 8 N–H and O–H groups in total. The summed E-state index contributed by atoms with van der Waals surface area (Å²) in [4.78, 5) is 96.2. The normalized spacial score (nSPS) is 17.6. The molecule has 0 spiro atoms. The number of amides is 4. The van der Waals surface area contributed by atoms with Gasteiger partial charge in [-0.2, -0.15) is 0 Å². The lowest BCUT2D eigenvalue weighted by Crippen LogP contribution is -2.36. The number of aryl methyl sites for hydroxylation is 3. The van der Waals surface area contributed by atoms with Crippen molar-refractivity contribution in [3.63, 3.8) is 0 Å². The van der Waals surface area contributed by atoms with Crippen molar-refractivity contribution in [3.8, 4) is 23.0 Å². The summed E-state index contributed by atoms with van der Waals surface area (Å²) in [5, 5.41) is 24.5. The van der Waals surface area contributed by atoms with Crippen LogP contribution in [-0.4, -0.2) is 172 Å². The van der Waals surface area contributed by atoms with Crippen molar-refractivity contribution in [1.29, 1.82) is 0 Å². The van der Waals surface area contributed by atoms with Crippen LogP contribution < -0.4 is 81.1 Å². The Labute approximate surface area is 702 Å². The summed E-state index contributed by atoms with van der Waals surface area (Å²) in [7, 11) is 5.04. The molecule has 0 aliphatic carbocycles. The van der Waals surface area contributed by atoms with E-state index < -0.39 is 11.6 Å². The van der Waals surface area contributed by atoms with Crippen LogP contribution in [0, 0.1) is 11.6 Å². The van der Waals surface area contributed by atoms with Crippen molar-refractivity contribution >= 4 is 86.5 Å². The van der Waals surface area contributed by atoms with E-state index in [2.05, 4.69) is 111 Å². The van der Waals surface area contributed by atoms with Crippen molar-refractivity contribution in [1.82, 2.24) is 21.3 Å². The number of nitrogens with one attached hydrogen (secondary N) is 8. The van der Waals surface area contributed by atoms with E-state index in [-0.39, 0.29) is 82.7 Å². The first-order chi connectivity index (χ1) is 58.1. The second-order valence-electron chi connectivity index (χ2n) is 31.8. The maximum atomic E-state index is 14.5. The van der Waals surface area contributed by atoms with Gasteiger partial charge in [0.2, 0.25) is 0 Å². The van der Waals surface area contributed by atoms with E-state index >= 15 is 0 Å². The van der Waals surface area contributed by atoms with Crippen molar-refractivity contribution in [2.24, 2.45) is 0 Å². The summed E-state index contributed by atoms with van der Waals surface area (Å²) in [5.41, 5.74) is 17.3. The fraction of sp³-hybridized carbons (Fsp3) is 0.400. The molecule has 4 unspecified atom stereocenters. The van der Waals surface area contributed by atoms with Gasteiger partial charge in [-0.05, 0) is 210 Å². The fourth-order valence-corrected chi connectivity index (χ4v) is 16.9. The molecule has 8 aromatic carbocycles. The molecule has 120 heavy (non-hydrogen) atoms. The summed E-state index contributed by atoms with van der Waals surface area (Å²) in [6.45, 7) is 21.6. The van der Waals surface area contributed by atoms with Crippen LogP contribution in [0.5, 0.6) is 23.0 Å². The highest BCUT2D eigenvalue weighted by atomic mass is 19.1. The monoisotopic (exact) mass is 1630 g/mol. The first-order valence-electron chi connectivity index (χ1n) is 42.2. The van der Waals surface area contributed by atoms with Crippen LogP contribution in [0.1, 0.15) is 153 Å². The number of ketones is 3. The summed E-state index contributed by atoms with van der Waals surface area (Å²) >= 11 is 0. The van der Waals surface area contributed by atoms with Gasteiger partial charge < -0.3 is 81.1 Å². The van der Waals surface area contributed by atoms with Crippen LogP contribution in [0.15, 0.2) is 152 Å². The molecule has 8 heterocycles. The van der Waals surface area contributed by atoms with Crippen LogP contribution in [0.2, 0.25) is 0 Å². The third-order valence-corrected chi connectivity index (χ3v) is 23.6. The molecule has 8 aliphatic heterocycles. The van der Waals surface area contributed by atoms with Gasteiger partial charge in [-0.25, -0.2) is 8.78 Å². The number of benzene rings is 8. The molecule has 0 radical (unpaired) electrons. The Morgan fingerprint density at radius 1 is 0.417 bits per heavy atom. The number of nitrogens with zero attached hydrogens (tertiary/aromatic N) is 4. The number of carbonyl (C=O) groups is 7. The molecule has 23 nitrogen and oxygen atoms in total. The van der Waals surface area contributed by atoms with Gasteiger partial charge in [0.05, 0.1) is 96.7 Å². The molecule has 632 valence electrons. The SMILES string of the molecule is C=C1Cc2ccc(F)c(C(=O)NCCCN3CCCc4ccc(OC)cc43)c2NC1C.CC1Nc2c(cccc2C(=O)NCCCN2CCOc3ccccc32)CC1=O.COc1ccc2c(c1)CCCN2CCCNC(=O)c1cccc2c1NC(C)C(=O)C2.COc1ccc2c(c1)N(CCCNC(=O)c1cc(F)cc3c1NC(C)C(=O)C3)CCC2. The molecule has 0 bridgehead atoms. The average molecular weight is 1640 g/mol. The zero-order valence-corrected chi connectivity index (χ0v) is 69.9. The minimum absolute atomic E-state index is 0.0111. The lowest BCUT2D eigenvalue weighted by atomic mass is 9.92. The molecule has 4 amide bonds. The largest absolute Gasteiger partial charge is 0.497 e. The van der Waals surface area contributed by atoms with Gasteiger partial charge in [0, 0.05) is 126 Å². The van der Waals surface area contributed by atoms with Crippen molar-refractivity contribution in [3.05, 3.63) is 225 Å². The topological polar surface area (TPSA) is 266 Å². The number of methoxy groups -OCH3 is 3. The lowest BCUT2D eigenvalue weighted by Gasteiger charge is -2.31. The number of ether oxygens (including phenoxy) is 4. The Bertz CT molecular complexity index is 5110. The maximum absolute atomic E-state index is 14.5. The second kappa shape index (κ2) is 40.1. The van der Waals surface area contributed by atoms with E-state index in [4.69, 9.17) is 18.9 Å². The number of Topliss-reactive ketones (excluding diaryl/α,β-unsaturated/α-hetero) is 3. The quantitative estimate of drug-likeness (QED) is 0.0218. The molecule has 0 aromatic heterocycles. The van der Waals surface area contributed by atoms with Gasteiger partial charge >= 0.3 is 0 Å². The van der Waals surface area contributed by atoms with Crippen LogP contribution >= 0.6 is 0 Å². The Morgan fingerprint density at radius 2 is 0.842 bits per heavy atom. The van der Waals surface area contributed by atoms with Crippen molar-refractivity contribution < 1.29 is 61.3 Å². The molecule has 4 atom stereocenters. The maximum Gasteiger partial charge on any atom is 0.256 e. The highest BCUT2D eigenvalue weighted by molar-refractivity contribution is 6.06. The minimum atomic E-state index is -0.507. The first-order valence-corrected chi connectivity index (χ1v) is 42.2. The van der Waals surface area contributed by atoms with Crippen LogP contribution in [0.4, 0.5) is 54.3 Å². The lowest BCUT2D eigenvalue weighted by molar-refractivity contribution is -0.119. The number of anilines is 8. The molecular weight excluding hydrogens is 1520 g/mol. The molecule has 8 aromatic rings. The highest BCUT2D eigenvalue weighted by Crippen LogP contribution is 2.38. The third kappa shape index (κ3) is 20.7. The minimum Gasteiger partial charge on any atom is -0.497 e. The Kier molecular flexibility index (Phi) is 28.6. The summed E-state index contributed by atoms with van der Waals surface area (Å²) in [5.74, 6) is 1.90. The third-order valence-electron chi connectivity index (χ3n) is 23.6. The molecule has 25 heteroatoms. The first kappa shape index (κ1) is 85.7. The predicted octanol–water partition coefficient (Wildman–Crippen LogP) is 13.5. The molecule has 0 saturated carbocycles. The number of hydrogen-bond donors (Lipinski definition) is 8. The van der Waals surface area contributed by atoms with E-state index in [1.807, 2.05) is 93.6 Å².